The maximum Gasteiger partial charge on any atom is 0.319 e. The molecular weight excluding hydrogens is 336 g/mol. The Bertz CT molecular complexity index is 775. The number of anilines is 2. The van der Waals surface area contributed by atoms with Gasteiger partial charge in [0.1, 0.15) is 11.6 Å². The molecule has 2 aromatic carbocycles. The Morgan fingerprint density at radius 2 is 1.85 bits per heavy atom. The molecule has 0 spiro atoms. The molecule has 2 N–H and O–H groups in total. The summed E-state index contributed by atoms with van der Waals surface area (Å²) in [5.74, 6) is -1.32. The Morgan fingerprint density at radius 3 is 2.58 bits per heavy atom. The Morgan fingerprint density at radius 1 is 1.08 bits per heavy atom. The van der Waals surface area contributed by atoms with E-state index in [2.05, 4.69) is 15.5 Å². The van der Waals surface area contributed by atoms with Gasteiger partial charge >= 0.3 is 6.03 Å². The minimum absolute atomic E-state index is 0.239. The van der Waals surface area contributed by atoms with Gasteiger partial charge in [0.15, 0.2) is 0 Å². The van der Waals surface area contributed by atoms with Crippen LogP contribution in [0.5, 0.6) is 0 Å². The first-order valence-electron chi connectivity index (χ1n) is 8.90. The van der Waals surface area contributed by atoms with Gasteiger partial charge in [-0.1, -0.05) is 12.1 Å². The van der Waals surface area contributed by atoms with Crippen LogP contribution in [0.25, 0.3) is 0 Å². The molecule has 2 aromatic rings. The molecule has 2 amide bonds. The average molecular weight is 359 g/mol. The van der Waals surface area contributed by atoms with Crippen molar-refractivity contribution in [2.45, 2.75) is 32.2 Å². The Balaban J connectivity index is 1.62. The highest BCUT2D eigenvalue weighted by Gasteiger charge is 2.15. The first kappa shape index (κ1) is 18.2. The fourth-order valence-corrected chi connectivity index (χ4v) is 3.23. The lowest BCUT2D eigenvalue weighted by Gasteiger charge is -2.29. The third kappa shape index (κ3) is 4.50. The van der Waals surface area contributed by atoms with E-state index in [0.717, 1.165) is 24.8 Å². The molecule has 3 rings (SSSR count). The van der Waals surface area contributed by atoms with Crippen LogP contribution in [-0.2, 0) is 0 Å². The summed E-state index contributed by atoms with van der Waals surface area (Å²) in [5, 5.41) is 5.46. The quantitative estimate of drug-likeness (QED) is 0.821. The largest absolute Gasteiger partial charge is 0.371 e. The molecule has 138 valence electrons. The lowest BCUT2D eigenvalue weighted by Crippen LogP contribution is -2.32. The normalized spacial score (nSPS) is 15.4. The molecule has 1 saturated heterocycles. The number of rotatable bonds is 4. The molecule has 1 atom stereocenters. The van der Waals surface area contributed by atoms with Crippen LogP contribution in [0.4, 0.5) is 25.0 Å². The van der Waals surface area contributed by atoms with Crippen LogP contribution in [0.1, 0.15) is 37.8 Å². The fourth-order valence-electron chi connectivity index (χ4n) is 3.23. The molecule has 0 aromatic heterocycles. The van der Waals surface area contributed by atoms with Crippen molar-refractivity contribution in [1.29, 1.82) is 0 Å². The van der Waals surface area contributed by atoms with Crippen molar-refractivity contribution in [3.63, 3.8) is 0 Å². The Labute approximate surface area is 152 Å². The van der Waals surface area contributed by atoms with Crippen molar-refractivity contribution < 1.29 is 13.6 Å². The predicted molar refractivity (Wildman–Crippen MR) is 99.4 cm³/mol. The smallest absolute Gasteiger partial charge is 0.319 e. The van der Waals surface area contributed by atoms with Gasteiger partial charge in [0.05, 0.1) is 6.04 Å². The molecule has 1 fully saturated rings. The maximum atomic E-state index is 13.8. The van der Waals surface area contributed by atoms with Crippen molar-refractivity contribution in [2.24, 2.45) is 0 Å². The number of nitrogens with one attached hydrogen (secondary N) is 2. The highest BCUT2D eigenvalue weighted by Crippen LogP contribution is 2.23. The SMILES string of the molecule is C[C@H](NC(=O)Nc1cccc(N2CCCCC2)c1)c1ccc(F)cc1F. The zero-order chi connectivity index (χ0) is 18.5. The molecule has 26 heavy (non-hydrogen) atoms. The van der Waals surface area contributed by atoms with Crippen LogP contribution in [0.2, 0.25) is 0 Å². The zero-order valence-corrected chi connectivity index (χ0v) is 14.8. The molecule has 0 unspecified atom stereocenters. The van der Waals surface area contributed by atoms with Gasteiger partial charge in [0.2, 0.25) is 0 Å². The minimum atomic E-state index is -0.676. The molecule has 0 radical (unpaired) electrons. The van der Waals surface area contributed by atoms with Gasteiger partial charge in [-0.3, -0.25) is 0 Å². The maximum absolute atomic E-state index is 13.8. The van der Waals surface area contributed by atoms with Crippen LogP contribution in [0.15, 0.2) is 42.5 Å². The summed E-state index contributed by atoms with van der Waals surface area (Å²) in [5.41, 5.74) is 2.00. The van der Waals surface area contributed by atoms with Crippen molar-refractivity contribution in [3.05, 3.63) is 59.7 Å². The number of hydrogen-bond donors (Lipinski definition) is 2. The molecule has 0 aliphatic carbocycles. The Hall–Kier alpha value is -2.63. The fraction of sp³-hybridized carbons (Fsp3) is 0.350. The summed E-state index contributed by atoms with van der Waals surface area (Å²) in [6.45, 7) is 3.70. The van der Waals surface area contributed by atoms with E-state index in [1.54, 1.807) is 6.92 Å². The number of carbonyl (C=O) groups is 1. The van der Waals surface area contributed by atoms with Crippen LogP contribution in [0, 0.1) is 11.6 Å². The second kappa shape index (κ2) is 8.17. The number of carbonyl (C=O) groups excluding carboxylic acids is 1. The first-order chi connectivity index (χ1) is 12.5. The van der Waals surface area contributed by atoms with Crippen molar-refractivity contribution in [1.82, 2.24) is 5.32 Å². The number of piperidine rings is 1. The van der Waals surface area contributed by atoms with Crippen molar-refractivity contribution in [3.8, 4) is 0 Å². The van der Waals surface area contributed by atoms with E-state index in [1.807, 2.05) is 24.3 Å². The van der Waals surface area contributed by atoms with Crippen LogP contribution in [0.3, 0.4) is 0 Å². The molecule has 1 aliphatic rings. The average Bonchev–Trinajstić information content (AvgIpc) is 2.62. The molecule has 6 heteroatoms. The summed E-state index contributed by atoms with van der Waals surface area (Å²) in [4.78, 5) is 14.5. The van der Waals surface area contributed by atoms with E-state index in [1.165, 1.54) is 31.4 Å². The van der Waals surface area contributed by atoms with Gasteiger partial charge in [-0.05, 0) is 50.5 Å². The van der Waals surface area contributed by atoms with Gasteiger partial charge < -0.3 is 15.5 Å². The predicted octanol–water partition coefficient (Wildman–Crippen LogP) is 4.84. The van der Waals surface area contributed by atoms with E-state index in [0.29, 0.717) is 5.69 Å². The minimum Gasteiger partial charge on any atom is -0.371 e. The molecule has 1 aliphatic heterocycles. The topological polar surface area (TPSA) is 44.4 Å². The van der Waals surface area contributed by atoms with Gasteiger partial charge in [0, 0.05) is 36.1 Å². The van der Waals surface area contributed by atoms with Crippen molar-refractivity contribution >= 4 is 17.4 Å². The molecule has 4 nitrogen and oxygen atoms in total. The number of amides is 2. The van der Waals surface area contributed by atoms with E-state index < -0.39 is 23.7 Å². The molecule has 0 bridgehead atoms. The highest BCUT2D eigenvalue weighted by molar-refractivity contribution is 5.90. The van der Waals surface area contributed by atoms with Gasteiger partial charge in [-0.25, -0.2) is 13.6 Å². The van der Waals surface area contributed by atoms with E-state index in [9.17, 15) is 13.6 Å². The number of halogens is 2. The third-order valence-corrected chi connectivity index (χ3v) is 4.60. The monoisotopic (exact) mass is 359 g/mol. The second-order valence-corrected chi connectivity index (χ2v) is 6.58. The van der Waals surface area contributed by atoms with E-state index in [-0.39, 0.29) is 5.56 Å². The van der Waals surface area contributed by atoms with Gasteiger partial charge in [0.25, 0.3) is 0 Å². The summed E-state index contributed by atoms with van der Waals surface area (Å²) in [6, 6.07) is 10.0. The van der Waals surface area contributed by atoms with Gasteiger partial charge in [-0.15, -0.1) is 0 Å². The first-order valence-corrected chi connectivity index (χ1v) is 8.90. The standard InChI is InChI=1S/C20H23F2N3O/c1-14(18-9-8-15(21)12-19(18)22)23-20(26)24-16-6-5-7-17(13-16)25-10-3-2-4-11-25/h5-9,12-14H,2-4,10-11H2,1H3,(H2,23,24,26)/t14-/m0/s1. The lowest BCUT2D eigenvalue weighted by atomic mass is 10.1. The number of hydrogen-bond acceptors (Lipinski definition) is 2. The summed E-state index contributed by atoms with van der Waals surface area (Å²) in [7, 11) is 0. The van der Waals surface area contributed by atoms with Crippen LogP contribution in [-0.4, -0.2) is 19.1 Å². The molecule has 0 saturated carbocycles. The summed E-state index contributed by atoms with van der Waals surface area (Å²) < 4.78 is 26.8. The summed E-state index contributed by atoms with van der Waals surface area (Å²) >= 11 is 0. The van der Waals surface area contributed by atoms with Crippen LogP contribution >= 0.6 is 0 Å². The zero-order valence-electron chi connectivity index (χ0n) is 14.8. The van der Waals surface area contributed by atoms with Gasteiger partial charge in [-0.2, -0.15) is 0 Å². The number of urea groups is 1. The van der Waals surface area contributed by atoms with Crippen molar-refractivity contribution in [2.75, 3.05) is 23.3 Å². The lowest BCUT2D eigenvalue weighted by molar-refractivity contribution is 0.249. The molecule has 1 heterocycles. The van der Waals surface area contributed by atoms with E-state index in [4.69, 9.17) is 0 Å². The number of nitrogens with zero attached hydrogens (tertiary/aromatic N) is 1. The summed E-state index contributed by atoms with van der Waals surface area (Å²) in [6.07, 6.45) is 3.62. The van der Waals surface area contributed by atoms with E-state index >= 15 is 0 Å². The molecular formula is C20H23F2N3O. The second-order valence-electron chi connectivity index (χ2n) is 6.58. The number of benzene rings is 2. The van der Waals surface area contributed by atoms with Crippen LogP contribution < -0.4 is 15.5 Å². The highest BCUT2D eigenvalue weighted by atomic mass is 19.1. The Kier molecular flexibility index (Phi) is 5.71. The third-order valence-electron chi connectivity index (χ3n) is 4.60.